The lowest BCUT2D eigenvalue weighted by Crippen LogP contribution is -1.77. The van der Waals surface area contributed by atoms with E-state index in [1.54, 1.807) is 0 Å². The van der Waals surface area contributed by atoms with Gasteiger partial charge in [-0.05, 0) is 26.2 Å². The first kappa shape index (κ1) is 7.74. The van der Waals surface area contributed by atoms with Gasteiger partial charge in [-0.15, -0.1) is 0 Å². The Hall–Kier alpha value is -0.260. The maximum absolute atomic E-state index is 3.85. The molecule has 0 bridgehead atoms. The Morgan fingerprint density at radius 3 is 2.50 bits per heavy atom. The minimum absolute atomic E-state index is 0.903. The minimum Gasteiger partial charge on any atom is -0.0999 e. The summed E-state index contributed by atoms with van der Waals surface area (Å²) < 4.78 is 0. The fourth-order valence-electron chi connectivity index (χ4n) is 0.552. The highest BCUT2D eigenvalue weighted by molar-refractivity contribution is 4.94. The third-order valence-electron chi connectivity index (χ3n) is 1.24. The van der Waals surface area contributed by atoms with E-state index in [9.17, 15) is 0 Å². The summed E-state index contributed by atoms with van der Waals surface area (Å²) in [7, 11) is 0. The molecule has 0 spiro atoms. The van der Waals surface area contributed by atoms with Crippen molar-refractivity contribution in [1.29, 1.82) is 0 Å². The molecule has 0 aliphatic rings. The maximum atomic E-state index is 3.85. The highest BCUT2D eigenvalue weighted by Gasteiger charge is 1.86. The molecule has 1 radical (unpaired) electrons. The second-order valence-electron chi connectivity index (χ2n) is 2.10. The first-order chi connectivity index (χ1) is 3.81. The van der Waals surface area contributed by atoms with Crippen LogP contribution in [-0.4, -0.2) is 0 Å². The van der Waals surface area contributed by atoms with Crippen LogP contribution in [0.2, 0.25) is 0 Å². The quantitative estimate of drug-likeness (QED) is 0.489. The van der Waals surface area contributed by atoms with Gasteiger partial charge in [-0.2, -0.15) is 0 Å². The van der Waals surface area contributed by atoms with Gasteiger partial charge in [0.15, 0.2) is 0 Å². The lowest BCUT2D eigenvalue weighted by atomic mass is 10.1. The van der Waals surface area contributed by atoms with Crippen LogP contribution in [0.4, 0.5) is 0 Å². The molecule has 47 valence electrons. The summed E-state index contributed by atoms with van der Waals surface area (Å²) in [5.41, 5.74) is 1.28. The monoisotopic (exact) mass is 111 g/mol. The van der Waals surface area contributed by atoms with Crippen molar-refractivity contribution in [2.45, 2.75) is 32.6 Å². The van der Waals surface area contributed by atoms with Gasteiger partial charge >= 0.3 is 0 Å². The predicted octanol–water partition coefficient (Wildman–Crippen LogP) is 2.96. The smallest absolute Gasteiger partial charge is 0.0323 e. The molecule has 0 rings (SSSR count). The van der Waals surface area contributed by atoms with Crippen LogP contribution in [0.25, 0.3) is 0 Å². The van der Waals surface area contributed by atoms with Gasteiger partial charge in [-0.1, -0.05) is 25.5 Å². The molecule has 0 aromatic carbocycles. The van der Waals surface area contributed by atoms with Crippen LogP contribution in [0, 0.1) is 6.92 Å². The molecule has 0 aromatic heterocycles. The molecule has 0 aromatic rings. The van der Waals surface area contributed by atoms with Gasteiger partial charge < -0.3 is 0 Å². The SMILES string of the molecule is [CH2]CC(=C)CCCC. The zero-order valence-electron chi connectivity index (χ0n) is 5.74. The minimum atomic E-state index is 0.903. The van der Waals surface area contributed by atoms with E-state index in [2.05, 4.69) is 20.4 Å². The van der Waals surface area contributed by atoms with Crippen LogP contribution in [-0.2, 0) is 0 Å². The summed E-state index contributed by atoms with van der Waals surface area (Å²) in [5.74, 6) is 0. The Bertz CT molecular complexity index is 62.4. The molecule has 0 aliphatic carbocycles. The van der Waals surface area contributed by atoms with E-state index in [0.717, 1.165) is 6.42 Å². The highest BCUT2D eigenvalue weighted by atomic mass is 13.9. The van der Waals surface area contributed by atoms with E-state index in [4.69, 9.17) is 0 Å². The van der Waals surface area contributed by atoms with Crippen molar-refractivity contribution in [3.8, 4) is 0 Å². The molecule has 8 heavy (non-hydrogen) atoms. The lowest BCUT2D eigenvalue weighted by molar-refractivity contribution is 0.777. The first-order valence-electron chi connectivity index (χ1n) is 3.27. The van der Waals surface area contributed by atoms with E-state index >= 15 is 0 Å². The predicted molar refractivity (Wildman–Crippen MR) is 38.6 cm³/mol. The Kier molecular flexibility index (Phi) is 4.73. The molecule has 0 saturated heterocycles. The zero-order valence-corrected chi connectivity index (χ0v) is 5.74. The first-order valence-corrected chi connectivity index (χ1v) is 3.27. The van der Waals surface area contributed by atoms with Crippen molar-refractivity contribution in [2.24, 2.45) is 0 Å². The molecule has 0 atom stereocenters. The van der Waals surface area contributed by atoms with Gasteiger partial charge in [0.2, 0.25) is 0 Å². The van der Waals surface area contributed by atoms with E-state index in [0.29, 0.717) is 0 Å². The summed E-state index contributed by atoms with van der Waals surface area (Å²) >= 11 is 0. The summed E-state index contributed by atoms with van der Waals surface area (Å²) in [6.45, 7) is 9.78. The van der Waals surface area contributed by atoms with Crippen molar-refractivity contribution >= 4 is 0 Å². The van der Waals surface area contributed by atoms with Crippen molar-refractivity contribution in [3.63, 3.8) is 0 Å². The Morgan fingerprint density at radius 1 is 1.50 bits per heavy atom. The Labute approximate surface area is 52.6 Å². The average molecular weight is 111 g/mol. The van der Waals surface area contributed by atoms with Crippen LogP contribution in [0.5, 0.6) is 0 Å². The summed E-state index contributed by atoms with van der Waals surface area (Å²) in [5, 5.41) is 0. The summed E-state index contributed by atoms with van der Waals surface area (Å²) in [6, 6.07) is 0. The standard InChI is InChI=1S/C8H15/c1-4-6-7-8(3)5-2/h2-7H2,1H3. The van der Waals surface area contributed by atoms with Crippen molar-refractivity contribution in [1.82, 2.24) is 0 Å². The van der Waals surface area contributed by atoms with Crippen LogP contribution < -0.4 is 0 Å². The molecule has 0 amide bonds. The largest absolute Gasteiger partial charge is 0.0999 e. The van der Waals surface area contributed by atoms with Crippen molar-refractivity contribution < 1.29 is 0 Å². The van der Waals surface area contributed by atoms with Crippen LogP contribution in [0.3, 0.4) is 0 Å². The molecule has 0 heteroatoms. The molecular formula is C8H15. The maximum Gasteiger partial charge on any atom is -0.0323 e. The molecule has 0 unspecified atom stereocenters. The van der Waals surface area contributed by atoms with E-state index < -0.39 is 0 Å². The number of allylic oxidation sites excluding steroid dienone is 1. The van der Waals surface area contributed by atoms with Crippen LogP contribution in [0.15, 0.2) is 12.2 Å². The highest BCUT2D eigenvalue weighted by Crippen LogP contribution is 2.06. The summed E-state index contributed by atoms with van der Waals surface area (Å²) in [6.07, 6.45) is 4.60. The fraction of sp³-hybridized carbons (Fsp3) is 0.625. The molecule has 0 saturated carbocycles. The molecule has 0 fully saturated rings. The number of hydrogen-bond acceptors (Lipinski definition) is 0. The fourth-order valence-corrected chi connectivity index (χ4v) is 0.552. The third-order valence-corrected chi connectivity index (χ3v) is 1.24. The van der Waals surface area contributed by atoms with Gasteiger partial charge in [0.25, 0.3) is 0 Å². The van der Waals surface area contributed by atoms with E-state index in [1.165, 1.54) is 24.8 Å². The third kappa shape index (κ3) is 3.91. The van der Waals surface area contributed by atoms with Gasteiger partial charge in [-0.3, -0.25) is 0 Å². The molecule has 0 N–H and O–H groups in total. The number of rotatable bonds is 4. The van der Waals surface area contributed by atoms with Gasteiger partial charge in [0.1, 0.15) is 0 Å². The molecule has 0 nitrogen and oxygen atoms in total. The zero-order chi connectivity index (χ0) is 6.41. The molecular weight excluding hydrogens is 96.1 g/mol. The second-order valence-corrected chi connectivity index (χ2v) is 2.10. The summed E-state index contributed by atoms with van der Waals surface area (Å²) in [4.78, 5) is 0. The second kappa shape index (κ2) is 4.89. The normalized spacial score (nSPS) is 9.25. The topological polar surface area (TPSA) is 0 Å². The number of hydrogen-bond donors (Lipinski definition) is 0. The molecule has 0 heterocycles. The average Bonchev–Trinajstić information content (AvgIpc) is 1.83. The van der Waals surface area contributed by atoms with Gasteiger partial charge in [0.05, 0.1) is 0 Å². The number of unbranched alkanes of at least 4 members (excludes halogenated alkanes) is 1. The van der Waals surface area contributed by atoms with Crippen molar-refractivity contribution in [3.05, 3.63) is 19.1 Å². The van der Waals surface area contributed by atoms with E-state index in [-0.39, 0.29) is 0 Å². The van der Waals surface area contributed by atoms with Crippen LogP contribution in [0.1, 0.15) is 32.6 Å². The van der Waals surface area contributed by atoms with Gasteiger partial charge in [-0.25, -0.2) is 0 Å². The van der Waals surface area contributed by atoms with Gasteiger partial charge in [0, 0.05) is 0 Å². The van der Waals surface area contributed by atoms with Crippen LogP contribution >= 0.6 is 0 Å². The Morgan fingerprint density at radius 2 is 2.12 bits per heavy atom. The lowest BCUT2D eigenvalue weighted by Gasteiger charge is -1.97. The van der Waals surface area contributed by atoms with E-state index in [1.807, 2.05) is 0 Å². The van der Waals surface area contributed by atoms with Crippen molar-refractivity contribution in [2.75, 3.05) is 0 Å². The Balaban J connectivity index is 2.99. The molecule has 0 aliphatic heterocycles.